The predicted molar refractivity (Wildman–Crippen MR) is 69.5 cm³/mol. The Labute approximate surface area is 100 Å². The molecule has 3 nitrogen and oxygen atoms in total. The molecule has 0 heterocycles. The van der Waals surface area contributed by atoms with Crippen molar-refractivity contribution in [3.05, 3.63) is 0 Å². The summed E-state index contributed by atoms with van der Waals surface area (Å²) in [6.07, 6.45) is 5.75. The molecule has 0 saturated heterocycles. The first-order valence-corrected chi connectivity index (χ1v) is 6.62. The number of carbonyl (C=O) groups excluding carboxylic acids is 1. The average Bonchev–Trinajstić information content (AvgIpc) is 2.23. The lowest BCUT2D eigenvalue weighted by Gasteiger charge is -2.16. The van der Waals surface area contributed by atoms with Crippen molar-refractivity contribution in [1.29, 1.82) is 0 Å². The van der Waals surface area contributed by atoms with Gasteiger partial charge in [0.2, 0.25) is 5.91 Å². The molecule has 0 aromatic heterocycles. The molecular weight excluding hydrogens is 200 g/mol. The molecule has 0 spiro atoms. The molecule has 0 aromatic rings. The van der Waals surface area contributed by atoms with E-state index in [0.29, 0.717) is 18.6 Å². The number of hydrogen-bond acceptors (Lipinski definition) is 2. The molecule has 0 saturated carbocycles. The van der Waals surface area contributed by atoms with E-state index in [2.05, 4.69) is 38.3 Å². The number of hydrogen-bond donors (Lipinski definition) is 2. The summed E-state index contributed by atoms with van der Waals surface area (Å²) in [5.41, 5.74) is 0. The second-order valence-corrected chi connectivity index (χ2v) is 4.68. The summed E-state index contributed by atoms with van der Waals surface area (Å²) < 4.78 is 0. The molecule has 96 valence electrons. The van der Waals surface area contributed by atoms with Gasteiger partial charge in [-0.15, -0.1) is 0 Å². The largest absolute Gasteiger partial charge is 0.353 e. The van der Waals surface area contributed by atoms with E-state index in [1.54, 1.807) is 0 Å². The van der Waals surface area contributed by atoms with Gasteiger partial charge in [0.15, 0.2) is 0 Å². The van der Waals surface area contributed by atoms with E-state index in [0.717, 1.165) is 19.3 Å². The van der Waals surface area contributed by atoms with E-state index >= 15 is 0 Å². The van der Waals surface area contributed by atoms with Gasteiger partial charge in [0.1, 0.15) is 0 Å². The Hall–Kier alpha value is -0.570. The topological polar surface area (TPSA) is 41.1 Å². The monoisotopic (exact) mass is 228 g/mol. The van der Waals surface area contributed by atoms with E-state index in [1.165, 1.54) is 12.8 Å². The molecule has 0 aliphatic heterocycles. The van der Waals surface area contributed by atoms with Gasteiger partial charge in [-0.3, -0.25) is 4.79 Å². The zero-order valence-corrected chi connectivity index (χ0v) is 11.3. The van der Waals surface area contributed by atoms with Crippen molar-refractivity contribution in [1.82, 2.24) is 10.6 Å². The lowest BCUT2D eigenvalue weighted by molar-refractivity contribution is -0.121. The maximum atomic E-state index is 11.5. The predicted octanol–water partition coefficient (Wildman–Crippen LogP) is 2.46. The quantitative estimate of drug-likeness (QED) is 0.636. The molecule has 0 radical (unpaired) electrons. The minimum absolute atomic E-state index is 0.115. The summed E-state index contributed by atoms with van der Waals surface area (Å²) in [5, 5.41) is 6.24. The van der Waals surface area contributed by atoms with Crippen molar-refractivity contribution in [2.45, 2.75) is 71.9 Å². The fraction of sp³-hybridized carbons (Fsp3) is 0.923. The van der Waals surface area contributed by atoms with Crippen molar-refractivity contribution < 1.29 is 4.79 Å². The first kappa shape index (κ1) is 15.4. The number of unbranched alkanes of at least 4 members (excludes halogenated alkanes) is 1. The Morgan fingerprint density at radius 2 is 1.75 bits per heavy atom. The van der Waals surface area contributed by atoms with Crippen LogP contribution in [0.3, 0.4) is 0 Å². The van der Waals surface area contributed by atoms with Crippen molar-refractivity contribution in [2.75, 3.05) is 6.54 Å². The van der Waals surface area contributed by atoms with Crippen molar-refractivity contribution in [3.63, 3.8) is 0 Å². The molecule has 2 unspecified atom stereocenters. The zero-order chi connectivity index (χ0) is 12.4. The molecule has 3 heteroatoms. The van der Waals surface area contributed by atoms with Gasteiger partial charge in [-0.2, -0.15) is 0 Å². The normalized spacial score (nSPS) is 14.5. The summed E-state index contributed by atoms with van der Waals surface area (Å²) in [6, 6.07) is 0.734. The Kier molecular flexibility index (Phi) is 9.30. The summed E-state index contributed by atoms with van der Waals surface area (Å²) in [4.78, 5) is 11.5. The Morgan fingerprint density at radius 3 is 2.31 bits per heavy atom. The second kappa shape index (κ2) is 9.64. The van der Waals surface area contributed by atoms with E-state index in [9.17, 15) is 4.79 Å². The number of nitrogens with one attached hydrogen (secondary N) is 2. The van der Waals surface area contributed by atoms with Crippen LogP contribution in [0, 0.1) is 0 Å². The SMILES string of the molecule is CCCCC(C)NCC(=O)NC(C)CCC. The molecule has 1 amide bonds. The lowest BCUT2D eigenvalue weighted by Crippen LogP contribution is -2.41. The number of amides is 1. The van der Waals surface area contributed by atoms with Crippen LogP contribution >= 0.6 is 0 Å². The van der Waals surface area contributed by atoms with Crippen LogP contribution in [0.1, 0.15) is 59.8 Å². The van der Waals surface area contributed by atoms with Gasteiger partial charge in [-0.25, -0.2) is 0 Å². The van der Waals surface area contributed by atoms with Crippen LogP contribution in [0.5, 0.6) is 0 Å². The first-order chi connectivity index (χ1) is 7.60. The molecule has 0 bridgehead atoms. The van der Waals surface area contributed by atoms with Crippen LogP contribution in [-0.4, -0.2) is 24.5 Å². The van der Waals surface area contributed by atoms with E-state index in [4.69, 9.17) is 0 Å². The molecule has 0 aromatic carbocycles. The highest BCUT2D eigenvalue weighted by atomic mass is 16.1. The summed E-state index contributed by atoms with van der Waals surface area (Å²) >= 11 is 0. The van der Waals surface area contributed by atoms with Crippen molar-refractivity contribution in [2.24, 2.45) is 0 Å². The van der Waals surface area contributed by atoms with Crippen LogP contribution in [0.4, 0.5) is 0 Å². The Morgan fingerprint density at radius 1 is 1.06 bits per heavy atom. The fourth-order valence-electron chi connectivity index (χ4n) is 1.71. The molecule has 2 atom stereocenters. The Balaban J connectivity index is 3.56. The van der Waals surface area contributed by atoms with Gasteiger partial charge in [0.05, 0.1) is 6.54 Å². The standard InChI is InChI=1S/C13H28N2O/c1-5-7-9-11(3)14-10-13(16)15-12(4)8-6-2/h11-12,14H,5-10H2,1-4H3,(H,15,16). The number of rotatable bonds is 9. The van der Waals surface area contributed by atoms with Gasteiger partial charge in [-0.05, 0) is 26.7 Å². The number of carbonyl (C=O) groups is 1. The van der Waals surface area contributed by atoms with Gasteiger partial charge >= 0.3 is 0 Å². The van der Waals surface area contributed by atoms with Crippen LogP contribution in [0.25, 0.3) is 0 Å². The molecule has 0 aliphatic rings. The molecule has 0 rings (SSSR count). The highest BCUT2D eigenvalue weighted by Crippen LogP contribution is 1.99. The lowest BCUT2D eigenvalue weighted by atomic mass is 10.1. The van der Waals surface area contributed by atoms with Crippen molar-refractivity contribution >= 4 is 5.91 Å². The highest BCUT2D eigenvalue weighted by molar-refractivity contribution is 5.78. The second-order valence-electron chi connectivity index (χ2n) is 4.68. The summed E-state index contributed by atoms with van der Waals surface area (Å²) in [5.74, 6) is 0.115. The van der Waals surface area contributed by atoms with Crippen LogP contribution in [0.15, 0.2) is 0 Å². The van der Waals surface area contributed by atoms with E-state index in [-0.39, 0.29) is 5.91 Å². The molecule has 16 heavy (non-hydrogen) atoms. The highest BCUT2D eigenvalue weighted by Gasteiger charge is 2.07. The van der Waals surface area contributed by atoms with Crippen LogP contribution in [0.2, 0.25) is 0 Å². The third-order valence-electron chi connectivity index (χ3n) is 2.73. The van der Waals surface area contributed by atoms with Gasteiger partial charge in [0.25, 0.3) is 0 Å². The third kappa shape index (κ3) is 8.72. The summed E-state index contributed by atoms with van der Waals surface area (Å²) in [6.45, 7) is 8.96. The fourth-order valence-corrected chi connectivity index (χ4v) is 1.71. The smallest absolute Gasteiger partial charge is 0.234 e. The minimum Gasteiger partial charge on any atom is -0.353 e. The maximum Gasteiger partial charge on any atom is 0.234 e. The summed E-state index contributed by atoms with van der Waals surface area (Å²) in [7, 11) is 0. The van der Waals surface area contributed by atoms with Crippen molar-refractivity contribution in [3.8, 4) is 0 Å². The molecule has 0 aliphatic carbocycles. The molecule has 2 N–H and O–H groups in total. The average molecular weight is 228 g/mol. The van der Waals surface area contributed by atoms with Crippen LogP contribution < -0.4 is 10.6 Å². The van der Waals surface area contributed by atoms with E-state index < -0.39 is 0 Å². The minimum atomic E-state index is 0.115. The zero-order valence-electron chi connectivity index (χ0n) is 11.3. The third-order valence-corrected chi connectivity index (χ3v) is 2.73. The van der Waals surface area contributed by atoms with Gasteiger partial charge in [0, 0.05) is 12.1 Å². The molecular formula is C13H28N2O. The van der Waals surface area contributed by atoms with Gasteiger partial charge in [-0.1, -0.05) is 33.1 Å². The van der Waals surface area contributed by atoms with Crippen LogP contribution in [-0.2, 0) is 4.79 Å². The molecule has 0 fully saturated rings. The van der Waals surface area contributed by atoms with Gasteiger partial charge < -0.3 is 10.6 Å². The Bertz CT molecular complexity index is 183. The van der Waals surface area contributed by atoms with E-state index in [1.807, 2.05) is 0 Å². The maximum absolute atomic E-state index is 11.5. The first-order valence-electron chi connectivity index (χ1n) is 6.62.